The average molecular weight is 320 g/mol. The van der Waals surface area contributed by atoms with Crippen molar-refractivity contribution in [1.82, 2.24) is 9.97 Å². The van der Waals surface area contributed by atoms with Crippen LogP contribution in [0.25, 0.3) is 11.4 Å². The summed E-state index contributed by atoms with van der Waals surface area (Å²) in [6.07, 6.45) is 1.69. The smallest absolute Gasteiger partial charge is 0.215 e. The predicted octanol–water partition coefficient (Wildman–Crippen LogP) is 3.39. The third-order valence-electron chi connectivity index (χ3n) is 3.56. The van der Waals surface area contributed by atoms with Crippen LogP contribution in [0.3, 0.4) is 0 Å². The van der Waals surface area contributed by atoms with E-state index in [1.54, 1.807) is 43.6 Å². The van der Waals surface area contributed by atoms with Crippen molar-refractivity contribution in [2.75, 3.05) is 14.2 Å². The van der Waals surface area contributed by atoms with Crippen molar-refractivity contribution in [3.05, 3.63) is 72.1 Å². The van der Waals surface area contributed by atoms with Crippen LogP contribution in [-0.4, -0.2) is 30.0 Å². The lowest BCUT2D eigenvalue weighted by Gasteiger charge is -2.10. The van der Waals surface area contributed by atoms with Gasteiger partial charge in [-0.05, 0) is 36.4 Å². The molecule has 24 heavy (non-hydrogen) atoms. The summed E-state index contributed by atoms with van der Waals surface area (Å²) in [5, 5.41) is 0. The standard InChI is InChI=1S/C19H16N2O3/c1-23-13-9-10-14(18(12-13)24-2)19(22)17-8-5-7-16(21-17)15-6-3-4-11-20-15/h3-12H,1-2H3. The molecule has 0 saturated heterocycles. The zero-order valence-electron chi connectivity index (χ0n) is 13.4. The first-order chi connectivity index (χ1) is 11.7. The van der Waals surface area contributed by atoms with Gasteiger partial charge in [-0.2, -0.15) is 0 Å². The molecule has 5 heteroatoms. The number of nitrogens with zero attached hydrogens (tertiary/aromatic N) is 2. The maximum atomic E-state index is 12.8. The number of methoxy groups -OCH3 is 2. The Kier molecular flexibility index (Phi) is 4.52. The first-order valence-corrected chi connectivity index (χ1v) is 7.38. The molecule has 2 heterocycles. The minimum Gasteiger partial charge on any atom is -0.497 e. The van der Waals surface area contributed by atoms with Crippen molar-refractivity contribution in [3.8, 4) is 22.9 Å². The monoisotopic (exact) mass is 320 g/mol. The lowest BCUT2D eigenvalue weighted by molar-refractivity contribution is 0.103. The molecule has 2 aromatic heterocycles. The molecule has 0 atom stereocenters. The summed E-state index contributed by atoms with van der Waals surface area (Å²) in [4.78, 5) is 21.5. The zero-order valence-corrected chi connectivity index (χ0v) is 13.4. The Morgan fingerprint density at radius 2 is 1.75 bits per heavy atom. The zero-order chi connectivity index (χ0) is 16.9. The van der Waals surface area contributed by atoms with Crippen LogP contribution in [0, 0.1) is 0 Å². The van der Waals surface area contributed by atoms with Gasteiger partial charge in [0, 0.05) is 12.3 Å². The number of carbonyl (C=O) groups excluding carboxylic acids is 1. The Morgan fingerprint density at radius 3 is 2.46 bits per heavy atom. The minimum absolute atomic E-state index is 0.215. The van der Waals surface area contributed by atoms with Crippen LogP contribution < -0.4 is 9.47 Å². The molecular formula is C19H16N2O3. The van der Waals surface area contributed by atoms with Gasteiger partial charge in [0.1, 0.15) is 17.2 Å². The molecule has 0 saturated carbocycles. The van der Waals surface area contributed by atoms with Gasteiger partial charge in [0.05, 0.1) is 31.2 Å². The molecule has 1 aromatic carbocycles. The van der Waals surface area contributed by atoms with Gasteiger partial charge < -0.3 is 9.47 Å². The third kappa shape index (κ3) is 3.10. The second kappa shape index (κ2) is 6.91. The van der Waals surface area contributed by atoms with Crippen molar-refractivity contribution >= 4 is 5.78 Å². The lowest BCUT2D eigenvalue weighted by Crippen LogP contribution is -2.07. The highest BCUT2D eigenvalue weighted by atomic mass is 16.5. The van der Waals surface area contributed by atoms with E-state index in [2.05, 4.69) is 9.97 Å². The van der Waals surface area contributed by atoms with Crippen molar-refractivity contribution in [2.24, 2.45) is 0 Å². The summed E-state index contributed by atoms with van der Waals surface area (Å²) in [7, 11) is 3.08. The van der Waals surface area contributed by atoms with Crippen molar-refractivity contribution < 1.29 is 14.3 Å². The summed E-state index contributed by atoms with van der Waals surface area (Å²) in [6, 6.07) is 15.9. The normalized spacial score (nSPS) is 10.2. The molecule has 0 fully saturated rings. The van der Waals surface area contributed by atoms with E-state index in [1.807, 2.05) is 24.3 Å². The molecule has 0 spiro atoms. The molecular weight excluding hydrogens is 304 g/mol. The molecule has 0 aliphatic heterocycles. The highest BCUT2D eigenvalue weighted by Gasteiger charge is 2.17. The van der Waals surface area contributed by atoms with E-state index in [0.29, 0.717) is 34.1 Å². The third-order valence-corrected chi connectivity index (χ3v) is 3.56. The first-order valence-electron chi connectivity index (χ1n) is 7.38. The Labute approximate surface area is 139 Å². The van der Waals surface area contributed by atoms with Gasteiger partial charge in [-0.25, -0.2) is 4.98 Å². The number of hydrogen-bond donors (Lipinski definition) is 0. The fourth-order valence-electron chi connectivity index (χ4n) is 2.34. The molecule has 0 radical (unpaired) electrons. The first kappa shape index (κ1) is 15.7. The summed E-state index contributed by atoms with van der Waals surface area (Å²) in [5.41, 5.74) is 2.13. The lowest BCUT2D eigenvalue weighted by atomic mass is 10.1. The van der Waals surface area contributed by atoms with Crippen molar-refractivity contribution in [3.63, 3.8) is 0 Å². The van der Waals surface area contributed by atoms with Crippen molar-refractivity contribution in [2.45, 2.75) is 0 Å². The quantitative estimate of drug-likeness (QED) is 0.674. The molecule has 0 aliphatic carbocycles. The van der Waals surface area contributed by atoms with Crippen LogP contribution in [0.1, 0.15) is 16.1 Å². The highest BCUT2D eigenvalue weighted by Crippen LogP contribution is 2.26. The summed E-state index contributed by atoms with van der Waals surface area (Å²) < 4.78 is 10.5. The maximum Gasteiger partial charge on any atom is 0.215 e. The summed E-state index contributed by atoms with van der Waals surface area (Å²) in [5.74, 6) is 0.857. The molecule has 0 N–H and O–H groups in total. The van der Waals surface area contributed by atoms with E-state index >= 15 is 0 Å². The predicted molar refractivity (Wildman–Crippen MR) is 90.4 cm³/mol. The van der Waals surface area contributed by atoms with E-state index in [0.717, 1.165) is 0 Å². The number of hydrogen-bond acceptors (Lipinski definition) is 5. The maximum absolute atomic E-state index is 12.8. The second-order valence-electron chi connectivity index (χ2n) is 5.02. The fraction of sp³-hybridized carbons (Fsp3) is 0.105. The van der Waals surface area contributed by atoms with E-state index in [4.69, 9.17) is 9.47 Å². The van der Waals surface area contributed by atoms with E-state index in [1.165, 1.54) is 7.11 Å². The molecule has 5 nitrogen and oxygen atoms in total. The molecule has 0 unspecified atom stereocenters. The number of aromatic nitrogens is 2. The molecule has 0 aliphatic rings. The van der Waals surface area contributed by atoms with Crippen LogP contribution in [0.5, 0.6) is 11.5 Å². The number of rotatable bonds is 5. The number of carbonyl (C=O) groups is 1. The molecule has 0 amide bonds. The van der Waals surface area contributed by atoms with E-state index in [9.17, 15) is 4.79 Å². The van der Waals surface area contributed by atoms with Crippen LogP contribution in [-0.2, 0) is 0 Å². The van der Waals surface area contributed by atoms with Gasteiger partial charge in [-0.1, -0.05) is 12.1 Å². The van der Waals surface area contributed by atoms with Gasteiger partial charge >= 0.3 is 0 Å². The van der Waals surface area contributed by atoms with Gasteiger partial charge in [-0.3, -0.25) is 9.78 Å². The Balaban J connectivity index is 1.99. The van der Waals surface area contributed by atoms with Gasteiger partial charge in [0.25, 0.3) is 0 Å². The summed E-state index contributed by atoms with van der Waals surface area (Å²) in [6.45, 7) is 0. The molecule has 3 aromatic rings. The number of ketones is 1. The second-order valence-corrected chi connectivity index (χ2v) is 5.02. The number of benzene rings is 1. The van der Waals surface area contributed by atoms with Crippen LogP contribution in [0.2, 0.25) is 0 Å². The van der Waals surface area contributed by atoms with E-state index < -0.39 is 0 Å². The average Bonchev–Trinajstić information content (AvgIpc) is 2.67. The van der Waals surface area contributed by atoms with Crippen LogP contribution >= 0.6 is 0 Å². The van der Waals surface area contributed by atoms with Crippen molar-refractivity contribution in [1.29, 1.82) is 0 Å². The van der Waals surface area contributed by atoms with E-state index in [-0.39, 0.29) is 5.78 Å². The fourth-order valence-corrected chi connectivity index (χ4v) is 2.34. The Hall–Kier alpha value is -3.21. The minimum atomic E-state index is -0.215. The van der Waals surface area contributed by atoms with Crippen LogP contribution in [0.15, 0.2) is 60.8 Å². The highest BCUT2D eigenvalue weighted by molar-refractivity contribution is 6.09. The van der Waals surface area contributed by atoms with Gasteiger partial charge in [-0.15, -0.1) is 0 Å². The Bertz CT molecular complexity index is 863. The molecule has 3 rings (SSSR count). The largest absolute Gasteiger partial charge is 0.497 e. The van der Waals surface area contributed by atoms with Crippen LogP contribution in [0.4, 0.5) is 0 Å². The SMILES string of the molecule is COc1ccc(C(=O)c2cccc(-c3ccccn3)n2)c(OC)c1. The summed E-state index contributed by atoms with van der Waals surface area (Å²) >= 11 is 0. The number of ether oxygens (including phenoxy) is 2. The molecule has 120 valence electrons. The van der Waals surface area contributed by atoms with Gasteiger partial charge in [0.15, 0.2) is 0 Å². The van der Waals surface area contributed by atoms with Gasteiger partial charge in [0.2, 0.25) is 5.78 Å². The molecule has 0 bridgehead atoms. The topological polar surface area (TPSA) is 61.3 Å². The number of pyridine rings is 2. The Morgan fingerprint density at radius 1 is 0.917 bits per heavy atom.